The molecular formula is C18H19ClN2O3. The number of alkyl halides is 1. The lowest BCUT2D eigenvalue weighted by Crippen LogP contribution is -2.43. The molecule has 0 spiro atoms. The third-order valence-corrected chi connectivity index (χ3v) is 4.01. The molecule has 0 radical (unpaired) electrons. The van der Waals surface area contributed by atoms with Gasteiger partial charge in [0.2, 0.25) is 5.56 Å². The Balaban J connectivity index is 2.12. The number of halogens is 1. The average Bonchev–Trinajstić information content (AvgIpc) is 2.60. The number of imide groups is 1. The predicted octanol–water partition coefficient (Wildman–Crippen LogP) is 3.95. The average molecular weight is 347 g/mol. The topological polar surface area (TPSA) is 72.6 Å². The minimum Gasteiger partial charge on any atom is -0.424 e. The van der Waals surface area contributed by atoms with Gasteiger partial charge in [0.25, 0.3) is 5.91 Å². The second kappa shape index (κ2) is 7.95. The van der Waals surface area contributed by atoms with Gasteiger partial charge in [-0.25, -0.2) is 10.6 Å². The van der Waals surface area contributed by atoms with Crippen LogP contribution in [0.15, 0.2) is 48.5 Å². The number of hydrazine groups is 1. The fourth-order valence-corrected chi connectivity index (χ4v) is 2.62. The first-order valence-electron chi connectivity index (χ1n) is 7.53. The zero-order chi connectivity index (χ0) is 17.7. The van der Waals surface area contributed by atoms with E-state index in [1.54, 1.807) is 24.3 Å². The van der Waals surface area contributed by atoms with E-state index >= 15 is 0 Å². The van der Waals surface area contributed by atoms with Crippen LogP contribution in [0.5, 0.6) is 0 Å². The number of hydrogen-bond donors (Lipinski definition) is 1. The molecule has 0 bridgehead atoms. The second-order valence-electron chi connectivity index (χ2n) is 5.24. The number of carbonyl (C=O) groups is 2. The van der Waals surface area contributed by atoms with Crippen molar-refractivity contribution in [3.63, 3.8) is 0 Å². The molecule has 1 unspecified atom stereocenters. The number of amides is 2. The highest BCUT2D eigenvalue weighted by atomic mass is 35.5. The summed E-state index contributed by atoms with van der Waals surface area (Å²) < 4.78 is 5.10. The highest BCUT2D eigenvalue weighted by Crippen LogP contribution is 2.25. The maximum Gasteiger partial charge on any atom is 0.433 e. The lowest BCUT2D eigenvalue weighted by Gasteiger charge is -2.19. The number of carbonyl (C=O) groups excluding carboxylic acids is 2. The summed E-state index contributed by atoms with van der Waals surface area (Å²) in [6.07, 6.45) is -0.360. The molecule has 0 aromatic heterocycles. The first kappa shape index (κ1) is 18.0. The highest BCUT2D eigenvalue weighted by molar-refractivity contribution is 6.20. The first-order chi connectivity index (χ1) is 11.5. The first-order valence-corrected chi connectivity index (χ1v) is 7.96. The molecule has 24 heavy (non-hydrogen) atoms. The van der Waals surface area contributed by atoms with Crippen molar-refractivity contribution in [3.8, 4) is 0 Å². The van der Waals surface area contributed by atoms with Crippen LogP contribution in [0.3, 0.4) is 0 Å². The number of aryl methyl sites for hydroxylation is 2. The van der Waals surface area contributed by atoms with Crippen LogP contribution >= 0.6 is 11.6 Å². The van der Waals surface area contributed by atoms with E-state index in [2.05, 4.69) is 0 Å². The van der Waals surface area contributed by atoms with Crippen molar-refractivity contribution in [2.45, 2.75) is 25.8 Å². The smallest absolute Gasteiger partial charge is 0.424 e. The zero-order valence-corrected chi connectivity index (χ0v) is 14.3. The van der Waals surface area contributed by atoms with Gasteiger partial charge >= 0.3 is 6.09 Å². The second-order valence-corrected chi connectivity index (χ2v) is 5.64. The number of rotatable bonds is 4. The van der Waals surface area contributed by atoms with Crippen LogP contribution in [-0.2, 0) is 11.2 Å². The predicted molar refractivity (Wildman–Crippen MR) is 92.4 cm³/mol. The van der Waals surface area contributed by atoms with Crippen molar-refractivity contribution in [3.05, 3.63) is 70.8 Å². The summed E-state index contributed by atoms with van der Waals surface area (Å²) in [4.78, 5) is 24.5. The van der Waals surface area contributed by atoms with Gasteiger partial charge in [0.05, 0.1) is 0 Å². The van der Waals surface area contributed by atoms with E-state index in [1.807, 2.05) is 38.1 Å². The molecule has 0 aliphatic rings. The Kier molecular flexibility index (Phi) is 5.95. The minimum absolute atomic E-state index is 0.362. The standard InChI is InChI=1S/C18H19ClN2O3/c1-3-13-9-5-7-11-15(13)17(22)21(20)18(23)24-16(19)14-10-6-4-8-12(14)2/h4-11,16H,3,20H2,1-2H3. The van der Waals surface area contributed by atoms with Gasteiger partial charge < -0.3 is 4.74 Å². The fourth-order valence-electron chi connectivity index (χ4n) is 2.30. The quantitative estimate of drug-likeness (QED) is 0.394. The molecule has 2 rings (SSSR count). The minimum atomic E-state index is -1.03. The number of ether oxygens (including phenoxy) is 1. The molecule has 2 aromatic rings. The summed E-state index contributed by atoms with van der Waals surface area (Å²) >= 11 is 6.12. The molecule has 2 N–H and O–H groups in total. The Morgan fingerprint density at radius 2 is 1.79 bits per heavy atom. The lowest BCUT2D eigenvalue weighted by molar-refractivity contribution is 0.0623. The molecule has 0 fully saturated rings. The van der Waals surface area contributed by atoms with Gasteiger partial charge in [-0.15, -0.1) is 0 Å². The summed E-state index contributed by atoms with van der Waals surface area (Å²) in [5, 5.41) is 0.447. The molecule has 0 heterocycles. The molecule has 0 aliphatic heterocycles. The zero-order valence-electron chi connectivity index (χ0n) is 13.5. The van der Waals surface area contributed by atoms with Gasteiger partial charge in [0.1, 0.15) is 0 Å². The van der Waals surface area contributed by atoms with Crippen LogP contribution < -0.4 is 5.84 Å². The van der Waals surface area contributed by atoms with Crippen molar-refractivity contribution in [2.75, 3.05) is 0 Å². The van der Waals surface area contributed by atoms with E-state index in [9.17, 15) is 9.59 Å². The van der Waals surface area contributed by atoms with Gasteiger partial charge in [-0.05, 0) is 30.5 Å². The molecule has 0 saturated carbocycles. The van der Waals surface area contributed by atoms with Crippen molar-refractivity contribution in [1.82, 2.24) is 5.01 Å². The van der Waals surface area contributed by atoms with Gasteiger partial charge in [0, 0.05) is 11.1 Å². The number of nitrogens with zero attached hydrogens (tertiary/aromatic N) is 1. The van der Waals surface area contributed by atoms with Crippen LogP contribution in [-0.4, -0.2) is 17.0 Å². The number of nitrogens with two attached hydrogens (primary N) is 1. The number of benzene rings is 2. The molecule has 6 heteroatoms. The van der Waals surface area contributed by atoms with Gasteiger partial charge in [0.15, 0.2) is 0 Å². The van der Waals surface area contributed by atoms with Gasteiger partial charge in [-0.1, -0.05) is 61.0 Å². The van der Waals surface area contributed by atoms with E-state index in [0.29, 0.717) is 22.6 Å². The van der Waals surface area contributed by atoms with E-state index in [0.717, 1.165) is 11.1 Å². The van der Waals surface area contributed by atoms with E-state index in [1.165, 1.54) is 0 Å². The third kappa shape index (κ3) is 3.93. The largest absolute Gasteiger partial charge is 0.433 e. The Hall–Kier alpha value is -2.37. The molecule has 0 saturated heterocycles. The van der Waals surface area contributed by atoms with Gasteiger partial charge in [-0.3, -0.25) is 4.79 Å². The van der Waals surface area contributed by atoms with Crippen LogP contribution in [0.2, 0.25) is 0 Å². The van der Waals surface area contributed by atoms with Crippen LogP contribution in [0.1, 0.15) is 39.5 Å². The summed E-state index contributed by atoms with van der Waals surface area (Å²) in [5.41, 5.74) is 1.64. The maximum atomic E-state index is 12.4. The van der Waals surface area contributed by atoms with E-state index in [4.69, 9.17) is 22.2 Å². The summed E-state index contributed by atoms with van der Waals surface area (Å²) in [5.74, 6) is 5.00. The van der Waals surface area contributed by atoms with Crippen LogP contribution in [0.4, 0.5) is 4.79 Å². The maximum absolute atomic E-state index is 12.4. The Morgan fingerprint density at radius 3 is 2.46 bits per heavy atom. The summed E-state index contributed by atoms with van der Waals surface area (Å²) in [6.45, 7) is 3.76. The Morgan fingerprint density at radius 1 is 1.17 bits per heavy atom. The van der Waals surface area contributed by atoms with Crippen molar-refractivity contribution in [1.29, 1.82) is 0 Å². The SMILES string of the molecule is CCc1ccccc1C(=O)N(N)C(=O)OC(Cl)c1ccccc1C. The van der Waals surface area contributed by atoms with Crippen LogP contribution in [0, 0.1) is 6.92 Å². The van der Waals surface area contributed by atoms with Gasteiger partial charge in [-0.2, -0.15) is 5.01 Å². The monoisotopic (exact) mass is 346 g/mol. The number of hydrogen-bond acceptors (Lipinski definition) is 4. The summed E-state index contributed by atoms with van der Waals surface area (Å²) in [7, 11) is 0. The lowest BCUT2D eigenvalue weighted by atomic mass is 10.0. The van der Waals surface area contributed by atoms with Crippen molar-refractivity contribution < 1.29 is 14.3 Å². The van der Waals surface area contributed by atoms with E-state index < -0.39 is 17.6 Å². The van der Waals surface area contributed by atoms with Crippen LogP contribution in [0.25, 0.3) is 0 Å². The molecule has 2 amide bonds. The highest BCUT2D eigenvalue weighted by Gasteiger charge is 2.25. The Labute approximate surface area is 145 Å². The third-order valence-electron chi connectivity index (χ3n) is 3.68. The molecular weight excluding hydrogens is 328 g/mol. The molecule has 0 aliphatic carbocycles. The molecule has 5 nitrogen and oxygen atoms in total. The summed E-state index contributed by atoms with van der Waals surface area (Å²) in [6, 6.07) is 14.2. The van der Waals surface area contributed by atoms with Crippen molar-refractivity contribution in [2.24, 2.45) is 5.84 Å². The molecule has 1 atom stereocenters. The Bertz CT molecular complexity index is 749. The molecule has 2 aromatic carbocycles. The van der Waals surface area contributed by atoms with Crippen molar-refractivity contribution >= 4 is 23.6 Å². The molecule has 126 valence electrons. The fraction of sp³-hybridized carbons (Fsp3) is 0.222. The normalized spacial score (nSPS) is 11.7. The van der Waals surface area contributed by atoms with E-state index in [-0.39, 0.29) is 0 Å².